The zero-order valence-electron chi connectivity index (χ0n) is 68.5. The number of anilines is 8. The van der Waals surface area contributed by atoms with E-state index in [2.05, 4.69) is 400 Å². The van der Waals surface area contributed by atoms with Crippen molar-refractivity contribution in [2.24, 2.45) is 0 Å². The molecule has 0 saturated heterocycles. The molecule has 0 bridgehead atoms. The number of nitrogens with zero attached hydrogens (tertiary/aromatic N) is 8. The summed E-state index contributed by atoms with van der Waals surface area (Å²) in [7, 11) is 0. The van der Waals surface area contributed by atoms with Gasteiger partial charge in [0.05, 0.1) is 0 Å². The van der Waals surface area contributed by atoms with Gasteiger partial charge >= 0.3 is 0 Å². The van der Waals surface area contributed by atoms with Crippen molar-refractivity contribution >= 4 is 89.1 Å². The molecule has 0 aliphatic carbocycles. The van der Waals surface area contributed by atoms with Gasteiger partial charge in [0.1, 0.15) is 11.6 Å². The molecule has 0 N–H and O–H groups in total. The van der Waals surface area contributed by atoms with Crippen LogP contribution in [0.15, 0.2) is 225 Å². The van der Waals surface area contributed by atoms with Crippen molar-refractivity contribution in [2.75, 3.05) is 19.6 Å². The summed E-state index contributed by atoms with van der Waals surface area (Å²) >= 11 is 0. The minimum atomic E-state index is -0.145. The molecule has 10 nitrogen and oxygen atoms in total. The number of rotatable bonds is 10. The quantitative estimate of drug-likeness (QED) is 0.126. The molecule has 14 aromatic rings. The van der Waals surface area contributed by atoms with E-state index < -0.39 is 0 Å². The van der Waals surface area contributed by atoms with Crippen LogP contribution in [0.5, 0.6) is 23.0 Å². The van der Waals surface area contributed by atoms with Crippen molar-refractivity contribution in [3.63, 3.8) is 0 Å². The topological polar surface area (TPSA) is 67.1 Å². The van der Waals surface area contributed by atoms with Crippen molar-refractivity contribution in [1.29, 1.82) is 0 Å². The molecule has 580 valence electrons. The molecule has 0 amide bonds. The van der Waals surface area contributed by atoms with Gasteiger partial charge < -0.3 is 38.2 Å². The smallest absolute Gasteiger partial charge is 0.135 e. The van der Waals surface area contributed by atoms with E-state index in [1.54, 1.807) is 0 Å². The summed E-state index contributed by atoms with van der Waals surface area (Å²) < 4.78 is 17.8. The molecule has 16 rings (SSSR count). The number of ether oxygens (including phenoxy) is 2. The van der Waals surface area contributed by atoms with Crippen LogP contribution in [0.25, 0.3) is 55.2 Å². The van der Waals surface area contributed by atoms with Crippen LogP contribution >= 0.6 is 0 Å². The van der Waals surface area contributed by atoms with Gasteiger partial charge in [0.25, 0.3) is 0 Å². The van der Waals surface area contributed by atoms with Gasteiger partial charge in [-0.25, -0.2) is 9.97 Å². The van der Waals surface area contributed by atoms with Gasteiger partial charge in [0.15, 0.2) is 0 Å². The van der Waals surface area contributed by atoms with Gasteiger partial charge in [0.2, 0.25) is 0 Å². The Hall–Kier alpha value is -9.72. The zero-order valence-corrected chi connectivity index (χ0v) is 73.1. The average Bonchev–Trinajstić information content (AvgIpc) is 1.59. The number of fused-ring (bicyclic) bond motifs is 8. The number of hydrogen-bond donors (Lipinski definition) is 0. The van der Waals surface area contributed by atoms with Crippen molar-refractivity contribution in [3.05, 3.63) is 301 Å². The van der Waals surface area contributed by atoms with E-state index in [9.17, 15) is 0 Å². The number of pyridine rings is 2. The summed E-state index contributed by atoms with van der Waals surface area (Å²) in [6.07, 6.45) is 3.81. The van der Waals surface area contributed by atoms with Crippen LogP contribution in [0.4, 0.5) is 45.5 Å². The fourth-order valence-corrected chi connectivity index (χ4v) is 14.6. The Bertz CT molecular complexity index is 5790. The third-order valence-electron chi connectivity index (χ3n) is 21.3. The van der Waals surface area contributed by atoms with E-state index in [0.29, 0.717) is 23.0 Å². The van der Waals surface area contributed by atoms with Crippen molar-refractivity contribution in [2.45, 2.75) is 183 Å². The Morgan fingerprint density at radius 1 is 0.277 bits per heavy atom. The average molecular weight is 1840 g/mol. The minimum absolute atomic E-state index is 0. The van der Waals surface area contributed by atoms with Crippen molar-refractivity contribution in [3.8, 4) is 34.6 Å². The van der Waals surface area contributed by atoms with Crippen molar-refractivity contribution < 1.29 is 51.6 Å². The second-order valence-electron chi connectivity index (χ2n) is 36.9. The van der Waals surface area contributed by atoms with Crippen molar-refractivity contribution in [1.82, 2.24) is 19.1 Å². The molecule has 12 heteroatoms. The van der Waals surface area contributed by atoms with Gasteiger partial charge in [0, 0.05) is 123 Å². The van der Waals surface area contributed by atoms with Crippen LogP contribution in [0.1, 0.15) is 184 Å². The van der Waals surface area contributed by atoms with E-state index in [-0.39, 0.29) is 80.0 Å². The standard InChI is InChI=1S/C52H55N4O.C48H47N4O.2Pt/c1-49(2,3)34-23-24-53-48(30-34)56-44-18-14-13-17-42(44)43-22-21-40(32-47(43)56)57-41-29-37(52(10,11)12)28-39(31-41)55-33-54(45-19-15-16-20-46(45)55)38-26-35(50(4,5)6)25-36(27-38)51(7,8)9;1-46(2,3)32-23-24-49-45(28-32)52-41-18-11-10-17-39(41)40-22-21-38(30-44(40)52)53-37-16-14-15-35(29-37)50-31-51(43-20-13-12-19-42(43)50)36-26-33(47(4,5)6)25-34(27-36)48(7,8)9;;/h13-30,33H,1-12H3;10-28,31H,1-9H3;;/q2*-3;;. The van der Waals surface area contributed by atoms with E-state index in [4.69, 9.17) is 19.4 Å². The molecule has 0 spiro atoms. The Balaban J connectivity index is 0.000000193. The summed E-state index contributed by atoms with van der Waals surface area (Å²) in [5.41, 5.74) is 21.2. The number of aromatic nitrogens is 4. The van der Waals surface area contributed by atoms with Crippen LogP contribution in [0.2, 0.25) is 0 Å². The summed E-state index contributed by atoms with van der Waals surface area (Å²) in [5, 5.41) is 4.50. The van der Waals surface area contributed by atoms with Gasteiger partial charge in [-0.1, -0.05) is 229 Å². The first-order valence-corrected chi connectivity index (χ1v) is 38.6. The zero-order chi connectivity index (χ0) is 77.9. The van der Waals surface area contributed by atoms with E-state index in [1.807, 2.05) is 36.7 Å². The molecule has 0 fully saturated rings. The predicted octanol–water partition coefficient (Wildman–Crippen LogP) is 27.0. The molecule has 10 aromatic carbocycles. The monoisotopic (exact) mass is 1840 g/mol. The molecule has 0 atom stereocenters. The first kappa shape index (κ1) is 80.3. The number of hydrogen-bond acceptors (Lipinski definition) is 8. The van der Waals surface area contributed by atoms with Gasteiger partial charge in [-0.15, -0.1) is 102 Å². The predicted molar refractivity (Wildman–Crippen MR) is 459 cm³/mol. The molecule has 112 heavy (non-hydrogen) atoms. The molecular weight excluding hydrogens is 1740 g/mol. The first-order valence-electron chi connectivity index (χ1n) is 38.6. The number of benzene rings is 10. The van der Waals surface area contributed by atoms with E-state index >= 15 is 0 Å². The molecule has 0 saturated carbocycles. The molecule has 4 aromatic heterocycles. The fourth-order valence-electron chi connectivity index (χ4n) is 14.6. The van der Waals surface area contributed by atoms with E-state index in [0.717, 1.165) is 106 Å². The summed E-state index contributed by atoms with van der Waals surface area (Å²) in [6, 6.07) is 90.0. The first-order chi connectivity index (χ1) is 51.9. The Morgan fingerprint density at radius 2 is 0.616 bits per heavy atom. The fraction of sp³-hybridized carbons (Fsp3) is 0.280. The molecular formula is C100H102N8O2Pt2-6. The van der Waals surface area contributed by atoms with E-state index in [1.165, 1.54) is 33.4 Å². The summed E-state index contributed by atoms with van der Waals surface area (Å²) in [4.78, 5) is 18.8. The second kappa shape index (κ2) is 30.0. The summed E-state index contributed by atoms with van der Waals surface area (Å²) in [5.74, 6) is 4.21. The van der Waals surface area contributed by atoms with Crippen LogP contribution in [-0.2, 0) is 80.0 Å². The third kappa shape index (κ3) is 16.0. The van der Waals surface area contributed by atoms with Gasteiger partial charge in [-0.2, -0.15) is 18.2 Å². The van der Waals surface area contributed by atoms with Crippen LogP contribution in [-0.4, -0.2) is 19.1 Å². The third-order valence-corrected chi connectivity index (χ3v) is 21.3. The Labute approximate surface area is 693 Å². The largest absolute Gasteiger partial charge is 0.509 e. The molecule has 0 unspecified atom stereocenters. The Morgan fingerprint density at radius 3 is 1.02 bits per heavy atom. The van der Waals surface area contributed by atoms with Gasteiger partial charge in [-0.05, 0) is 167 Å². The Kier molecular flexibility index (Phi) is 21.5. The molecule has 6 heterocycles. The normalized spacial score (nSPS) is 13.5. The molecule has 2 aliphatic heterocycles. The maximum absolute atomic E-state index is 6.79. The SMILES string of the molecule is CC(C)(C)c1cc(N2[CH-]N(c3[c-]c(Oc4[c-]c5c(cc4)c4ccccc4n5-c4cc(C(C)(C)C)ccn4)ccc3)c3ccccc32)cc(C(C)(C)C)c1.CC(C)(C)c1cc(Oc2[c-]c3c(cc2)c2ccccc2n3-c2cc(C(C)(C)C)ccn2)[c-]c(N2[CH-]N(c3cc(C(C)(C)C)cc(C(C)(C)C)c3)c3ccccc32)c1.[Pt].[Pt]. The van der Waals surface area contributed by atoms with Crippen LogP contribution in [0.3, 0.4) is 0 Å². The summed E-state index contributed by atoms with van der Waals surface area (Å²) in [6.45, 7) is 51.9. The maximum Gasteiger partial charge on any atom is 0.135 e. The second-order valence-corrected chi connectivity index (χ2v) is 36.9. The van der Waals surface area contributed by atoms with Gasteiger partial charge in [-0.3, -0.25) is 0 Å². The number of para-hydroxylation sites is 6. The molecule has 0 radical (unpaired) electrons. The van der Waals surface area contributed by atoms with Crippen LogP contribution < -0.4 is 29.1 Å². The van der Waals surface area contributed by atoms with Crippen LogP contribution in [0, 0.1) is 37.6 Å². The maximum atomic E-state index is 6.79. The minimum Gasteiger partial charge on any atom is -0.509 e. The molecule has 2 aliphatic rings.